The van der Waals surface area contributed by atoms with Crippen LogP contribution in [-0.4, -0.2) is 24.4 Å². The van der Waals surface area contributed by atoms with E-state index < -0.39 is 0 Å². The van der Waals surface area contributed by atoms with Gasteiger partial charge in [0.15, 0.2) is 0 Å². The van der Waals surface area contributed by atoms with Crippen LogP contribution >= 0.6 is 11.6 Å². The predicted octanol–water partition coefficient (Wildman–Crippen LogP) is 1.90. The molecule has 68 valence electrons. The van der Waals surface area contributed by atoms with Crippen LogP contribution in [0.15, 0.2) is 24.3 Å². The van der Waals surface area contributed by atoms with Crippen LogP contribution in [-0.2, 0) is 4.79 Å². The molecule has 0 radical (unpaired) electrons. The molecular weight excluding hydrogens is 186 g/mol. The highest BCUT2D eigenvalue weighted by molar-refractivity contribution is 6.30. The van der Waals surface area contributed by atoms with Crippen molar-refractivity contribution < 1.29 is 4.79 Å². The Labute approximate surface area is 82.1 Å². The summed E-state index contributed by atoms with van der Waals surface area (Å²) in [4.78, 5) is 13.1. The zero-order valence-electron chi connectivity index (χ0n) is 7.33. The second-order valence-corrected chi connectivity index (χ2v) is 3.76. The third-order valence-corrected chi connectivity index (χ3v) is 2.66. The number of hydrogen-bond acceptors (Lipinski definition) is 1. The predicted molar refractivity (Wildman–Crippen MR) is 51.8 cm³/mol. The van der Waals surface area contributed by atoms with E-state index in [1.165, 1.54) is 0 Å². The van der Waals surface area contributed by atoms with Crippen LogP contribution in [0.2, 0.25) is 5.02 Å². The van der Waals surface area contributed by atoms with E-state index in [2.05, 4.69) is 0 Å². The van der Waals surface area contributed by atoms with Gasteiger partial charge in [-0.25, -0.2) is 0 Å². The Morgan fingerprint density at radius 3 is 2.46 bits per heavy atom. The Hall–Kier alpha value is -1.02. The average Bonchev–Trinajstić information content (AvgIpc) is 2.15. The molecule has 0 bridgehead atoms. The molecule has 1 unspecified atom stereocenters. The number of amides is 1. The third-order valence-electron chi connectivity index (χ3n) is 2.40. The molecule has 0 aliphatic carbocycles. The van der Waals surface area contributed by atoms with Crippen LogP contribution in [0.1, 0.15) is 11.5 Å². The molecule has 1 amide bonds. The second-order valence-electron chi connectivity index (χ2n) is 3.32. The van der Waals surface area contributed by atoms with Crippen LogP contribution in [0.25, 0.3) is 0 Å². The topological polar surface area (TPSA) is 20.3 Å². The number of nitrogens with zero attached hydrogens (tertiary/aromatic N) is 1. The number of halogens is 1. The van der Waals surface area contributed by atoms with Gasteiger partial charge in [-0.05, 0) is 17.7 Å². The van der Waals surface area contributed by atoms with Crippen molar-refractivity contribution >= 4 is 17.5 Å². The first-order valence-electron chi connectivity index (χ1n) is 4.19. The van der Waals surface area contributed by atoms with Crippen molar-refractivity contribution in [3.05, 3.63) is 34.9 Å². The van der Waals surface area contributed by atoms with Gasteiger partial charge in [-0.3, -0.25) is 4.79 Å². The highest BCUT2D eigenvalue weighted by Gasteiger charge is 2.34. The summed E-state index contributed by atoms with van der Waals surface area (Å²) in [6.45, 7) is 0.820. The molecular formula is C10H10ClNO. The first-order valence-corrected chi connectivity index (χ1v) is 4.57. The van der Waals surface area contributed by atoms with E-state index in [9.17, 15) is 4.79 Å². The van der Waals surface area contributed by atoms with Gasteiger partial charge in [0.25, 0.3) is 0 Å². The zero-order chi connectivity index (χ0) is 9.42. The van der Waals surface area contributed by atoms with E-state index in [4.69, 9.17) is 11.6 Å². The molecule has 1 aliphatic rings. The van der Waals surface area contributed by atoms with Gasteiger partial charge in [-0.2, -0.15) is 0 Å². The third kappa shape index (κ3) is 1.42. The Kier molecular flexibility index (Phi) is 2.00. The van der Waals surface area contributed by atoms with Crippen LogP contribution in [0.5, 0.6) is 0 Å². The lowest BCUT2D eigenvalue weighted by molar-refractivity contribution is -0.140. The van der Waals surface area contributed by atoms with Crippen molar-refractivity contribution in [3.63, 3.8) is 0 Å². The average molecular weight is 196 g/mol. The summed E-state index contributed by atoms with van der Waals surface area (Å²) in [6, 6.07) is 7.47. The smallest absolute Gasteiger partial charge is 0.231 e. The molecule has 1 atom stereocenters. The Morgan fingerprint density at radius 2 is 2.00 bits per heavy atom. The second kappa shape index (κ2) is 3.04. The van der Waals surface area contributed by atoms with Gasteiger partial charge in [0, 0.05) is 18.6 Å². The largest absolute Gasteiger partial charge is 0.344 e. The molecule has 0 spiro atoms. The molecule has 13 heavy (non-hydrogen) atoms. The minimum Gasteiger partial charge on any atom is -0.344 e. The minimum atomic E-state index is 0.0577. The summed E-state index contributed by atoms with van der Waals surface area (Å²) in [7, 11) is 1.81. The lowest BCUT2D eigenvalue weighted by atomic mass is 9.91. The Morgan fingerprint density at radius 1 is 1.38 bits per heavy atom. The maximum Gasteiger partial charge on any atom is 0.231 e. The number of benzene rings is 1. The van der Waals surface area contributed by atoms with Crippen molar-refractivity contribution in [2.24, 2.45) is 0 Å². The maximum absolute atomic E-state index is 11.3. The van der Waals surface area contributed by atoms with Crippen LogP contribution in [0.3, 0.4) is 0 Å². The summed E-state index contributed by atoms with van der Waals surface area (Å²) in [5.41, 5.74) is 1.06. The Bertz CT molecular complexity index is 333. The van der Waals surface area contributed by atoms with Gasteiger partial charge in [0.2, 0.25) is 5.91 Å². The zero-order valence-corrected chi connectivity index (χ0v) is 8.08. The van der Waals surface area contributed by atoms with E-state index in [0.717, 1.165) is 12.1 Å². The van der Waals surface area contributed by atoms with Crippen molar-refractivity contribution in [2.45, 2.75) is 5.92 Å². The van der Waals surface area contributed by atoms with Crippen molar-refractivity contribution in [1.82, 2.24) is 4.90 Å². The van der Waals surface area contributed by atoms with Crippen molar-refractivity contribution in [3.8, 4) is 0 Å². The summed E-state index contributed by atoms with van der Waals surface area (Å²) in [5, 5.41) is 0.712. The highest BCUT2D eigenvalue weighted by Crippen LogP contribution is 2.27. The number of carbonyl (C=O) groups excluding carboxylic acids is 1. The fraction of sp³-hybridized carbons (Fsp3) is 0.300. The molecule has 1 aromatic rings. The summed E-state index contributed by atoms with van der Waals surface area (Å²) in [5.74, 6) is 0.254. The number of rotatable bonds is 1. The lowest BCUT2D eigenvalue weighted by Gasteiger charge is -2.35. The highest BCUT2D eigenvalue weighted by atomic mass is 35.5. The molecule has 2 nitrogen and oxygen atoms in total. The lowest BCUT2D eigenvalue weighted by Crippen LogP contribution is -2.47. The molecule has 1 aliphatic heterocycles. The molecule has 1 fully saturated rings. The molecule has 1 aromatic carbocycles. The normalized spacial score (nSPS) is 21.5. The number of hydrogen-bond donors (Lipinski definition) is 0. The van der Waals surface area contributed by atoms with Crippen molar-refractivity contribution in [2.75, 3.05) is 13.6 Å². The summed E-state index contributed by atoms with van der Waals surface area (Å²) < 4.78 is 0. The number of likely N-dealkylation sites (tertiary alicyclic amines) is 1. The maximum atomic E-state index is 11.3. The first-order chi connectivity index (χ1) is 6.18. The standard InChI is InChI=1S/C10H10ClNO/c1-12-6-9(10(12)13)7-2-4-8(11)5-3-7/h2-5,9H,6H2,1H3. The SMILES string of the molecule is CN1CC(c2ccc(Cl)cc2)C1=O. The van der Waals surface area contributed by atoms with E-state index in [0.29, 0.717) is 5.02 Å². The quantitative estimate of drug-likeness (QED) is 0.627. The number of β-lactam (4-membered cyclic amide) rings is 1. The molecule has 1 saturated heterocycles. The summed E-state index contributed by atoms with van der Waals surface area (Å²) >= 11 is 5.75. The summed E-state index contributed by atoms with van der Waals surface area (Å²) in [6.07, 6.45) is 0. The Balaban J connectivity index is 2.19. The molecule has 1 heterocycles. The van der Waals surface area contributed by atoms with Gasteiger partial charge in [-0.15, -0.1) is 0 Å². The first kappa shape index (κ1) is 8.57. The van der Waals surface area contributed by atoms with E-state index in [-0.39, 0.29) is 11.8 Å². The van der Waals surface area contributed by atoms with E-state index in [1.807, 2.05) is 31.3 Å². The monoisotopic (exact) mass is 195 g/mol. The fourth-order valence-corrected chi connectivity index (χ4v) is 1.66. The van der Waals surface area contributed by atoms with E-state index >= 15 is 0 Å². The van der Waals surface area contributed by atoms with Crippen molar-refractivity contribution in [1.29, 1.82) is 0 Å². The fourth-order valence-electron chi connectivity index (χ4n) is 1.54. The number of carbonyl (C=O) groups is 1. The van der Waals surface area contributed by atoms with Gasteiger partial charge < -0.3 is 4.90 Å². The number of likely N-dealkylation sites (N-methyl/N-ethyl adjacent to an activating group) is 1. The van der Waals surface area contributed by atoms with Gasteiger partial charge in [0.1, 0.15) is 0 Å². The minimum absolute atomic E-state index is 0.0577. The molecule has 3 heteroatoms. The van der Waals surface area contributed by atoms with Gasteiger partial charge in [-0.1, -0.05) is 23.7 Å². The van der Waals surface area contributed by atoms with Gasteiger partial charge in [0.05, 0.1) is 5.92 Å². The molecule has 0 saturated carbocycles. The molecule has 2 rings (SSSR count). The van der Waals surface area contributed by atoms with Crippen LogP contribution in [0, 0.1) is 0 Å². The van der Waals surface area contributed by atoms with Crippen LogP contribution < -0.4 is 0 Å². The molecule has 0 N–H and O–H groups in total. The van der Waals surface area contributed by atoms with Crippen LogP contribution in [0.4, 0.5) is 0 Å². The van der Waals surface area contributed by atoms with Gasteiger partial charge >= 0.3 is 0 Å². The van der Waals surface area contributed by atoms with E-state index in [1.54, 1.807) is 4.90 Å². The molecule has 0 aromatic heterocycles.